The van der Waals surface area contributed by atoms with Gasteiger partial charge in [-0.25, -0.2) is 0 Å². The maximum absolute atomic E-state index is 12.5. The summed E-state index contributed by atoms with van der Waals surface area (Å²) < 4.78 is 0. The number of nitrogens with one attached hydrogen (secondary N) is 2. The highest BCUT2D eigenvalue weighted by molar-refractivity contribution is 6.06. The fourth-order valence-electron chi connectivity index (χ4n) is 2.96. The van der Waals surface area contributed by atoms with Gasteiger partial charge in [0.1, 0.15) is 0 Å². The summed E-state index contributed by atoms with van der Waals surface area (Å²) in [6.45, 7) is 10.5. The van der Waals surface area contributed by atoms with Gasteiger partial charge in [-0.1, -0.05) is 26.0 Å². The smallest absolute Gasteiger partial charge is 0.253 e. The molecule has 0 aliphatic rings. The highest BCUT2D eigenvalue weighted by atomic mass is 16.3. The molecule has 1 aromatic heterocycles. The summed E-state index contributed by atoms with van der Waals surface area (Å²) in [6.07, 6.45) is 0.280. The third-order valence-corrected chi connectivity index (χ3v) is 4.16. The molecule has 0 aliphatic heterocycles. The minimum Gasteiger partial charge on any atom is -0.393 e. The van der Waals surface area contributed by atoms with Gasteiger partial charge >= 0.3 is 0 Å². The number of aromatic amines is 1. The number of carbonyl (C=O) groups is 1. The molecule has 120 valence electrons. The number of aryl methyl sites for hydroxylation is 2. The molecule has 0 saturated heterocycles. The minimum absolute atomic E-state index is 0.0782. The zero-order valence-electron chi connectivity index (χ0n) is 14.1. The molecule has 22 heavy (non-hydrogen) atoms. The van der Waals surface area contributed by atoms with E-state index in [2.05, 4.69) is 17.2 Å². The number of fused-ring (bicyclic) bond motifs is 1. The highest BCUT2D eigenvalue weighted by Crippen LogP contribution is 2.25. The number of H-pyrrole nitrogens is 1. The molecule has 0 spiro atoms. The first-order valence-corrected chi connectivity index (χ1v) is 7.75. The fraction of sp³-hybridized carbons (Fsp3) is 0.500. The van der Waals surface area contributed by atoms with Gasteiger partial charge in [0, 0.05) is 17.6 Å². The van der Waals surface area contributed by atoms with Crippen molar-refractivity contribution in [1.82, 2.24) is 10.3 Å². The third kappa shape index (κ3) is 3.50. The summed E-state index contributed by atoms with van der Waals surface area (Å²) in [5.74, 6) is -0.0782. The number of aromatic nitrogens is 1. The Balaban J connectivity index is 2.19. The summed E-state index contributed by atoms with van der Waals surface area (Å²) in [4.78, 5) is 15.8. The second-order valence-electron chi connectivity index (χ2n) is 7.00. The van der Waals surface area contributed by atoms with E-state index in [1.165, 1.54) is 5.56 Å². The van der Waals surface area contributed by atoms with E-state index in [4.69, 9.17) is 0 Å². The van der Waals surface area contributed by atoms with Crippen LogP contribution in [0.2, 0.25) is 0 Å². The van der Waals surface area contributed by atoms with Crippen molar-refractivity contribution in [2.75, 3.05) is 6.54 Å². The van der Waals surface area contributed by atoms with Crippen LogP contribution in [0.25, 0.3) is 10.9 Å². The molecule has 2 aromatic rings. The van der Waals surface area contributed by atoms with E-state index in [1.807, 2.05) is 39.0 Å². The van der Waals surface area contributed by atoms with E-state index in [0.717, 1.165) is 16.6 Å². The Bertz CT molecular complexity index is 684. The highest BCUT2D eigenvalue weighted by Gasteiger charge is 2.22. The lowest BCUT2D eigenvalue weighted by Crippen LogP contribution is -2.35. The standard InChI is InChI=1S/C18H26N2O2/c1-11(21)9-18(4,5)10-19-17(22)15-8-6-7-14-12(2)13(3)20-16(14)15/h6-8,11,20-21H,9-10H2,1-5H3,(H,19,22). The molecular weight excluding hydrogens is 276 g/mol. The topological polar surface area (TPSA) is 65.1 Å². The molecule has 1 unspecified atom stereocenters. The molecule has 1 amide bonds. The number of rotatable bonds is 5. The molecule has 3 N–H and O–H groups in total. The van der Waals surface area contributed by atoms with Crippen molar-refractivity contribution in [3.63, 3.8) is 0 Å². The van der Waals surface area contributed by atoms with E-state index >= 15 is 0 Å². The maximum Gasteiger partial charge on any atom is 0.253 e. The van der Waals surface area contributed by atoms with Crippen molar-refractivity contribution < 1.29 is 9.90 Å². The second kappa shape index (κ2) is 6.13. The fourth-order valence-corrected chi connectivity index (χ4v) is 2.96. The summed E-state index contributed by atoms with van der Waals surface area (Å²) in [6, 6.07) is 5.79. The van der Waals surface area contributed by atoms with Crippen LogP contribution >= 0.6 is 0 Å². The van der Waals surface area contributed by atoms with Crippen LogP contribution in [0.15, 0.2) is 18.2 Å². The van der Waals surface area contributed by atoms with E-state index in [0.29, 0.717) is 18.5 Å². The second-order valence-corrected chi connectivity index (χ2v) is 7.00. The lowest BCUT2D eigenvalue weighted by Gasteiger charge is -2.26. The van der Waals surface area contributed by atoms with Crippen molar-refractivity contribution in [2.24, 2.45) is 5.41 Å². The molecule has 4 nitrogen and oxygen atoms in total. The first-order valence-electron chi connectivity index (χ1n) is 7.75. The Morgan fingerprint density at radius 2 is 2.05 bits per heavy atom. The van der Waals surface area contributed by atoms with E-state index in [9.17, 15) is 9.90 Å². The Labute approximate surface area is 131 Å². The molecule has 0 saturated carbocycles. The summed E-state index contributed by atoms with van der Waals surface area (Å²) in [5, 5.41) is 13.6. The minimum atomic E-state index is -0.371. The van der Waals surface area contributed by atoms with Gasteiger partial charge in [-0.15, -0.1) is 0 Å². The number of aliphatic hydroxyl groups is 1. The first kappa shape index (κ1) is 16.6. The van der Waals surface area contributed by atoms with Gasteiger partial charge in [0.15, 0.2) is 0 Å². The normalized spacial score (nSPS) is 13.4. The predicted molar refractivity (Wildman–Crippen MR) is 90.2 cm³/mol. The van der Waals surface area contributed by atoms with Crippen molar-refractivity contribution in [3.05, 3.63) is 35.0 Å². The number of hydrogen-bond acceptors (Lipinski definition) is 2. The van der Waals surface area contributed by atoms with Gasteiger partial charge in [-0.2, -0.15) is 0 Å². The molecule has 0 radical (unpaired) electrons. The Kier molecular flexibility index (Phi) is 4.61. The molecule has 0 aliphatic carbocycles. The van der Waals surface area contributed by atoms with Crippen LogP contribution in [0.3, 0.4) is 0 Å². The first-order chi connectivity index (χ1) is 10.2. The number of aliphatic hydroxyl groups excluding tert-OH is 1. The van der Waals surface area contributed by atoms with Crippen LogP contribution in [0, 0.1) is 19.3 Å². The van der Waals surface area contributed by atoms with Crippen molar-refractivity contribution in [2.45, 2.75) is 47.1 Å². The molecule has 1 aromatic carbocycles. The largest absolute Gasteiger partial charge is 0.393 e. The molecule has 0 bridgehead atoms. The lowest BCUT2D eigenvalue weighted by molar-refractivity contribution is 0.0903. The third-order valence-electron chi connectivity index (χ3n) is 4.16. The number of benzene rings is 1. The zero-order valence-corrected chi connectivity index (χ0v) is 14.1. The van der Waals surface area contributed by atoms with E-state index in [-0.39, 0.29) is 17.4 Å². The van der Waals surface area contributed by atoms with Gasteiger partial charge in [0.25, 0.3) is 5.91 Å². The molecule has 1 heterocycles. The average Bonchev–Trinajstić information content (AvgIpc) is 2.70. The Hall–Kier alpha value is -1.81. The summed E-state index contributed by atoms with van der Waals surface area (Å²) in [7, 11) is 0. The van der Waals surface area contributed by atoms with Crippen LogP contribution in [-0.4, -0.2) is 28.6 Å². The summed E-state index contributed by atoms with van der Waals surface area (Å²) >= 11 is 0. The number of para-hydroxylation sites is 1. The SMILES string of the molecule is Cc1[nH]c2c(C(=O)NCC(C)(C)CC(C)O)cccc2c1C. The van der Waals surface area contributed by atoms with Crippen LogP contribution in [0.5, 0.6) is 0 Å². The van der Waals surface area contributed by atoms with Gasteiger partial charge < -0.3 is 15.4 Å². The van der Waals surface area contributed by atoms with Gasteiger partial charge in [0.2, 0.25) is 0 Å². The van der Waals surface area contributed by atoms with Crippen molar-refractivity contribution >= 4 is 16.8 Å². The van der Waals surface area contributed by atoms with Crippen LogP contribution in [0.1, 0.15) is 48.8 Å². The maximum atomic E-state index is 12.5. The van der Waals surface area contributed by atoms with Crippen molar-refractivity contribution in [1.29, 1.82) is 0 Å². The lowest BCUT2D eigenvalue weighted by atomic mass is 9.87. The van der Waals surface area contributed by atoms with Crippen LogP contribution in [-0.2, 0) is 0 Å². The van der Waals surface area contributed by atoms with E-state index in [1.54, 1.807) is 6.92 Å². The van der Waals surface area contributed by atoms with Crippen LogP contribution in [0.4, 0.5) is 0 Å². The summed E-state index contributed by atoms with van der Waals surface area (Å²) in [5.41, 5.74) is 3.69. The number of hydrogen-bond donors (Lipinski definition) is 3. The molecule has 0 fully saturated rings. The molecule has 4 heteroatoms. The quantitative estimate of drug-likeness (QED) is 0.793. The monoisotopic (exact) mass is 302 g/mol. The predicted octanol–water partition coefficient (Wildman–Crippen LogP) is 3.31. The van der Waals surface area contributed by atoms with Gasteiger partial charge in [-0.05, 0) is 44.2 Å². The van der Waals surface area contributed by atoms with Gasteiger partial charge in [0.05, 0.1) is 17.2 Å². The number of carbonyl (C=O) groups excluding carboxylic acids is 1. The number of amides is 1. The van der Waals surface area contributed by atoms with Gasteiger partial charge in [-0.3, -0.25) is 4.79 Å². The Morgan fingerprint density at radius 1 is 1.36 bits per heavy atom. The van der Waals surface area contributed by atoms with Crippen LogP contribution < -0.4 is 5.32 Å². The van der Waals surface area contributed by atoms with E-state index < -0.39 is 0 Å². The molecule has 2 rings (SSSR count). The molecular formula is C18H26N2O2. The molecule has 1 atom stereocenters. The zero-order chi connectivity index (χ0) is 16.5. The average molecular weight is 302 g/mol. The Morgan fingerprint density at radius 3 is 2.68 bits per heavy atom. The van der Waals surface area contributed by atoms with Crippen molar-refractivity contribution in [3.8, 4) is 0 Å².